The molecule has 1 aromatic rings. The lowest BCUT2D eigenvalue weighted by molar-refractivity contribution is 0.589. The minimum Gasteiger partial charge on any atom is -0.313 e. The number of nitrogens with one attached hydrogen (secondary N) is 1. The summed E-state index contributed by atoms with van der Waals surface area (Å²) in [6.45, 7) is 5.57. The average molecular weight is 301 g/mol. The van der Waals surface area contributed by atoms with Crippen LogP contribution in [0.3, 0.4) is 0 Å². The first-order chi connectivity index (χ1) is 8.86. The molecule has 0 bridgehead atoms. The molecule has 1 atom stereocenters. The highest BCUT2D eigenvalue weighted by molar-refractivity contribution is 8.00. The number of rotatable bonds is 7. The van der Waals surface area contributed by atoms with Gasteiger partial charge >= 0.3 is 0 Å². The SMILES string of the molecule is CNC(C)c1cccc(SCCS(=O)(=O)C(C)C)c1. The summed E-state index contributed by atoms with van der Waals surface area (Å²) < 4.78 is 23.4. The van der Waals surface area contributed by atoms with Gasteiger partial charge < -0.3 is 5.32 Å². The fourth-order valence-corrected chi connectivity index (χ4v) is 3.92. The van der Waals surface area contributed by atoms with Gasteiger partial charge in [0, 0.05) is 16.7 Å². The van der Waals surface area contributed by atoms with E-state index in [0.29, 0.717) is 11.8 Å². The van der Waals surface area contributed by atoms with Crippen molar-refractivity contribution in [3.63, 3.8) is 0 Å². The third kappa shape index (κ3) is 5.16. The third-order valence-electron chi connectivity index (χ3n) is 3.15. The van der Waals surface area contributed by atoms with Gasteiger partial charge in [0.25, 0.3) is 0 Å². The van der Waals surface area contributed by atoms with Crippen LogP contribution in [-0.4, -0.2) is 32.2 Å². The summed E-state index contributed by atoms with van der Waals surface area (Å²) in [6.07, 6.45) is 0. The molecular formula is C14H23NO2S2. The molecule has 0 aromatic heterocycles. The summed E-state index contributed by atoms with van der Waals surface area (Å²) in [5.74, 6) is 0.846. The fourth-order valence-electron chi connectivity index (χ4n) is 1.55. The molecule has 1 N–H and O–H groups in total. The lowest BCUT2D eigenvalue weighted by atomic mass is 10.1. The number of sulfone groups is 1. The molecule has 0 fully saturated rings. The van der Waals surface area contributed by atoms with Gasteiger partial charge in [0.2, 0.25) is 0 Å². The average Bonchev–Trinajstić information content (AvgIpc) is 2.37. The summed E-state index contributed by atoms with van der Waals surface area (Å²) in [6, 6.07) is 8.55. The predicted octanol–water partition coefficient (Wildman–Crippen LogP) is 2.88. The lowest BCUT2D eigenvalue weighted by Crippen LogP contribution is -2.18. The minimum atomic E-state index is -2.93. The van der Waals surface area contributed by atoms with E-state index in [1.54, 1.807) is 25.6 Å². The Morgan fingerprint density at radius 1 is 1.26 bits per heavy atom. The van der Waals surface area contributed by atoms with Crippen molar-refractivity contribution in [1.82, 2.24) is 5.32 Å². The maximum absolute atomic E-state index is 11.7. The van der Waals surface area contributed by atoms with Crippen molar-refractivity contribution in [2.45, 2.75) is 37.0 Å². The Kier molecular flexibility index (Phi) is 6.36. The molecule has 1 unspecified atom stereocenters. The normalized spacial score (nSPS) is 13.7. The maximum Gasteiger partial charge on any atom is 0.153 e. The summed E-state index contributed by atoms with van der Waals surface area (Å²) in [7, 11) is -1.00. The monoisotopic (exact) mass is 301 g/mol. The first-order valence-electron chi connectivity index (χ1n) is 6.48. The predicted molar refractivity (Wildman–Crippen MR) is 83.6 cm³/mol. The van der Waals surface area contributed by atoms with Crippen molar-refractivity contribution in [2.75, 3.05) is 18.6 Å². The molecule has 5 heteroatoms. The largest absolute Gasteiger partial charge is 0.313 e. The lowest BCUT2D eigenvalue weighted by Gasteiger charge is -2.12. The van der Waals surface area contributed by atoms with Crippen LogP contribution in [0.2, 0.25) is 0 Å². The van der Waals surface area contributed by atoms with E-state index in [0.717, 1.165) is 4.90 Å². The molecule has 0 aliphatic heterocycles. The minimum absolute atomic E-state index is 0.237. The maximum atomic E-state index is 11.7. The summed E-state index contributed by atoms with van der Waals surface area (Å²) in [5, 5.41) is 2.91. The molecule has 0 spiro atoms. The Morgan fingerprint density at radius 3 is 2.53 bits per heavy atom. The highest BCUT2D eigenvalue weighted by Gasteiger charge is 2.15. The fraction of sp³-hybridized carbons (Fsp3) is 0.571. The molecular weight excluding hydrogens is 278 g/mol. The molecule has 0 aliphatic carbocycles. The number of benzene rings is 1. The van der Waals surface area contributed by atoms with Gasteiger partial charge in [0.1, 0.15) is 0 Å². The van der Waals surface area contributed by atoms with Gasteiger partial charge in [-0.05, 0) is 45.5 Å². The van der Waals surface area contributed by atoms with E-state index >= 15 is 0 Å². The summed E-state index contributed by atoms with van der Waals surface area (Å²) in [5.41, 5.74) is 1.22. The van der Waals surface area contributed by atoms with Gasteiger partial charge in [-0.3, -0.25) is 0 Å². The van der Waals surface area contributed by atoms with Crippen molar-refractivity contribution in [3.8, 4) is 0 Å². The zero-order chi connectivity index (χ0) is 14.5. The van der Waals surface area contributed by atoms with Gasteiger partial charge in [-0.25, -0.2) is 8.42 Å². The van der Waals surface area contributed by atoms with Gasteiger partial charge in [-0.1, -0.05) is 12.1 Å². The van der Waals surface area contributed by atoms with E-state index in [-0.39, 0.29) is 11.0 Å². The first-order valence-corrected chi connectivity index (χ1v) is 9.18. The van der Waals surface area contributed by atoms with E-state index < -0.39 is 9.84 Å². The number of thioether (sulfide) groups is 1. The molecule has 0 saturated carbocycles. The molecule has 0 radical (unpaired) electrons. The van der Waals surface area contributed by atoms with Crippen LogP contribution in [-0.2, 0) is 9.84 Å². The van der Waals surface area contributed by atoms with Crippen LogP contribution in [0.4, 0.5) is 0 Å². The van der Waals surface area contributed by atoms with Crippen molar-refractivity contribution in [1.29, 1.82) is 0 Å². The summed E-state index contributed by atoms with van der Waals surface area (Å²) >= 11 is 1.60. The molecule has 0 aliphatic rings. The highest BCUT2D eigenvalue weighted by atomic mass is 32.2. The van der Waals surface area contributed by atoms with Crippen LogP contribution in [0.5, 0.6) is 0 Å². The first kappa shape index (κ1) is 16.5. The second-order valence-corrected chi connectivity index (χ2v) is 8.69. The van der Waals surface area contributed by atoms with Crippen LogP contribution in [0.25, 0.3) is 0 Å². The van der Waals surface area contributed by atoms with Crippen molar-refractivity contribution in [2.24, 2.45) is 0 Å². The Hall–Kier alpha value is -0.520. The van der Waals surface area contributed by atoms with E-state index in [9.17, 15) is 8.42 Å². The molecule has 108 valence electrons. The van der Waals surface area contributed by atoms with Gasteiger partial charge in [0.15, 0.2) is 9.84 Å². The van der Waals surface area contributed by atoms with Crippen LogP contribution >= 0.6 is 11.8 Å². The van der Waals surface area contributed by atoms with Crippen molar-refractivity contribution < 1.29 is 8.42 Å². The molecule has 0 amide bonds. The topological polar surface area (TPSA) is 46.2 Å². The molecule has 0 heterocycles. The van der Waals surface area contributed by atoms with Crippen LogP contribution in [0, 0.1) is 0 Å². The van der Waals surface area contributed by atoms with Crippen LogP contribution in [0.15, 0.2) is 29.2 Å². The zero-order valence-corrected chi connectivity index (χ0v) is 13.6. The molecule has 1 aromatic carbocycles. The van der Waals surface area contributed by atoms with E-state index in [4.69, 9.17) is 0 Å². The zero-order valence-electron chi connectivity index (χ0n) is 12.0. The van der Waals surface area contributed by atoms with E-state index in [1.165, 1.54) is 5.56 Å². The Bertz CT molecular complexity index is 498. The molecule has 3 nitrogen and oxygen atoms in total. The van der Waals surface area contributed by atoms with Gasteiger partial charge in [-0.2, -0.15) is 0 Å². The third-order valence-corrected chi connectivity index (χ3v) is 6.61. The number of hydrogen-bond acceptors (Lipinski definition) is 4. The highest BCUT2D eigenvalue weighted by Crippen LogP contribution is 2.22. The Balaban J connectivity index is 2.59. The van der Waals surface area contributed by atoms with E-state index in [1.807, 2.05) is 19.2 Å². The molecule has 19 heavy (non-hydrogen) atoms. The Morgan fingerprint density at radius 2 is 1.95 bits per heavy atom. The van der Waals surface area contributed by atoms with Crippen LogP contribution < -0.4 is 5.32 Å². The Labute approximate surface area is 121 Å². The van der Waals surface area contributed by atoms with Crippen molar-refractivity contribution in [3.05, 3.63) is 29.8 Å². The quantitative estimate of drug-likeness (QED) is 0.787. The summed E-state index contributed by atoms with van der Waals surface area (Å²) in [4.78, 5) is 1.12. The van der Waals surface area contributed by atoms with Crippen LogP contribution in [0.1, 0.15) is 32.4 Å². The smallest absolute Gasteiger partial charge is 0.153 e. The molecule has 1 rings (SSSR count). The number of hydrogen-bond donors (Lipinski definition) is 1. The van der Waals surface area contributed by atoms with Crippen molar-refractivity contribution >= 4 is 21.6 Å². The molecule has 0 saturated heterocycles. The second-order valence-electron chi connectivity index (χ2n) is 4.85. The standard InChI is InChI=1S/C14H23NO2S2/c1-11(2)19(16,17)9-8-18-14-7-5-6-13(10-14)12(3)15-4/h5-7,10-12,15H,8-9H2,1-4H3. The second kappa shape index (κ2) is 7.31. The van der Waals surface area contributed by atoms with E-state index in [2.05, 4.69) is 24.4 Å². The van der Waals surface area contributed by atoms with Gasteiger partial charge in [-0.15, -0.1) is 11.8 Å². The van der Waals surface area contributed by atoms with Gasteiger partial charge in [0.05, 0.1) is 11.0 Å².